The second kappa shape index (κ2) is 6.55. The monoisotopic (exact) mass is 230 g/mol. The maximum Gasteiger partial charge on any atom is 0.0826 e. The Labute approximate surface area is 99.0 Å². The van der Waals surface area contributed by atoms with Crippen LogP contribution in [0.2, 0.25) is 0 Å². The van der Waals surface area contributed by atoms with Gasteiger partial charge in [-0.3, -0.25) is 0 Å². The third-order valence-corrected chi connectivity index (χ3v) is 3.01. The fourth-order valence-electron chi connectivity index (χ4n) is 2.12. The van der Waals surface area contributed by atoms with Crippen LogP contribution in [0.15, 0.2) is 0 Å². The molecule has 1 saturated heterocycles. The van der Waals surface area contributed by atoms with Crippen LogP contribution in [0, 0.1) is 0 Å². The minimum Gasteiger partial charge on any atom is -0.389 e. The SMILES string of the molecule is CCCC(C)(O)CNCC1CN(C)CCO1. The third-order valence-electron chi connectivity index (χ3n) is 3.01. The van der Waals surface area contributed by atoms with Crippen LogP contribution in [0.4, 0.5) is 0 Å². The van der Waals surface area contributed by atoms with Gasteiger partial charge in [-0.05, 0) is 20.4 Å². The number of rotatable bonds is 6. The van der Waals surface area contributed by atoms with E-state index in [9.17, 15) is 5.11 Å². The van der Waals surface area contributed by atoms with Gasteiger partial charge in [-0.25, -0.2) is 0 Å². The predicted molar refractivity (Wildman–Crippen MR) is 65.6 cm³/mol. The van der Waals surface area contributed by atoms with Crippen LogP contribution in [-0.4, -0.2) is 61.5 Å². The van der Waals surface area contributed by atoms with Gasteiger partial charge in [0, 0.05) is 26.2 Å². The average molecular weight is 230 g/mol. The van der Waals surface area contributed by atoms with Gasteiger partial charge in [0.15, 0.2) is 0 Å². The Bertz CT molecular complexity index is 197. The lowest BCUT2D eigenvalue weighted by Gasteiger charge is -2.31. The lowest BCUT2D eigenvalue weighted by molar-refractivity contribution is -0.0222. The van der Waals surface area contributed by atoms with E-state index in [4.69, 9.17) is 4.74 Å². The molecule has 0 bridgehead atoms. The van der Waals surface area contributed by atoms with Crippen molar-refractivity contribution in [3.05, 3.63) is 0 Å². The Kier molecular flexibility index (Phi) is 5.69. The molecule has 2 N–H and O–H groups in total. The Balaban J connectivity index is 2.14. The first-order valence-electron chi connectivity index (χ1n) is 6.27. The lowest BCUT2D eigenvalue weighted by Crippen LogP contribution is -2.47. The lowest BCUT2D eigenvalue weighted by atomic mass is 10.0. The highest BCUT2D eigenvalue weighted by atomic mass is 16.5. The summed E-state index contributed by atoms with van der Waals surface area (Å²) in [6, 6.07) is 0. The number of nitrogens with one attached hydrogen (secondary N) is 1. The maximum absolute atomic E-state index is 9.98. The first kappa shape index (κ1) is 13.9. The summed E-state index contributed by atoms with van der Waals surface area (Å²) >= 11 is 0. The first-order chi connectivity index (χ1) is 7.53. The van der Waals surface area contributed by atoms with Gasteiger partial charge in [0.1, 0.15) is 0 Å². The molecule has 1 heterocycles. The second-order valence-electron chi connectivity index (χ2n) is 5.13. The van der Waals surface area contributed by atoms with E-state index in [1.807, 2.05) is 6.92 Å². The van der Waals surface area contributed by atoms with Crippen molar-refractivity contribution in [2.45, 2.75) is 38.4 Å². The quantitative estimate of drug-likeness (QED) is 0.696. The van der Waals surface area contributed by atoms with Crippen molar-refractivity contribution in [1.29, 1.82) is 0 Å². The van der Waals surface area contributed by atoms with E-state index in [0.717, 1.165) is 39.1 Å². The number of ether oxygens (including phenoxy) is 1. The van der Waals surface area contributed by atoms with Crippen LogP contribution in [0.1, 0.15) is 26.7 Å². The van der Waals surface area contributed by atoms with E-state index >= 15 is 0 Å². The molecule has 0 aliphatic carbocycles. The number of likely N-dealkylation sites (N-methyl/N-ethyl adjacent to an activating group) is 1. The zero-order valence-electron chi connectivity index (χ0n) is 10.8. The summed E-state index contributed by atoms with van der Waals surface area (Å²) < 4.78 is 5.64. The molecule has 16 heavy (non-hydrogen) atoms. The van der Waals surface area contributed by atoms with Crippen molar-refractivity contribution in [3.63, 3.8) is 0 Å². The van der Waals surface area contributed by atoms with E-state index in [0.29, 0.717) is 6.54 Å². The van der Waals surface area contributed by atoms with Gasteiger partial charge in [0.2, 0.25) is 0 Å². The van der Waals surface area contributed by atoms with Crippen LogP contribution < -0.4 is 5.32 Å². The van der Waals surface area contributed by atoms with E-state index in [2.05, 4.69) is 24.2 Å². The molecule has 2 unspecified atom stereocenters. The van der Waals surface area contributed by atoms with E-state index in [1.165, 1.54) is 0 Å². The molecule has 0 spiro atoms. The van der Waals surface area contributed by atoms with Crippen molar-refractivity contribution >= 4 is 0 Å². The average Bonchev–Trinajstić information content (AvgIpc) is 2.17. The molecule has 0 aromatic heterocycles. The molecule has 1 aliphatic heterocycles. The van der Waals surface area contributed by atoms with Crippen molar-refractivity contribution in [3.8, 4) is 0 Å². The summed E-state index contributed by atoms with van der Waals surface area (Å²) in [6.07, 6.45) is 2.11. The number of nitrogens with zero attached hydrogens (tertiary/aromatic N) is 1. The van der Waals surface area contributed by atoms with Gasteiger partial charge >= 0.3 is 0 Å². The molecule has 4 nitrogen and oxygen atoms in total. The summed E-state index contributed by atoms with van der Waals surface area (Å²) in [4.78, 5) is 2.28. The van der Waals surface area contributed by atoms with Crippen molar-refractivity contribution in [2.24, 2.45) is 0 Å². The smallest absolute Gasteiger partial charge is 0.0826 e. The Hall–Kier alpha value is -0.160. The van der Waals surface area contributed by atoms with Gasteiger partial charge in [-0.2, -0.15) is 0 Å². The highest BCUT2D eigenvalue weighted by Gasteiger charge is 2.21. The molecule has 0 aromatic carbocycles. The van der Waals surface area contributed by atoms with Gasteiger partial charge in [-0.1, -0.05) is 13.3 Å². The summed E-state index contributed by atoms with van der Waals surface area (Å²) in [5.74, 6) is 0. The van der Waals surface area contributed by atoms with E-state index < -0.39 is 5.60 Å². The topological polar surface area (TPSA) is 44.7 Å². The van der Waals surface area contributed by atoms with Crippen molar-refractivity contribution in [1.82, 2.24) is 10.2 Å². The van der Waals surface area contributed by atoms with Crippen LogP contribution in [0.25, 0.3) is 0 Å². The molecule has 0 saturated carbocycles. The fourth-order valence-corrected chi connectivity index (χ4v) is 2.12. The molecule has 2 atom stereocenters. The number of hydrogen-bond donors (Lipinski definition) is 2. The molecule has 0 amide bonds. The third kappa shape index (κ3) is 5.25. The highest BCUT2D eigenvalue weighted by molar-refractivity contribution is 4.77. The fraction of sp³-hybridized carbons (Fsp3) is 1.00. The molecule has 0 radical (unpaired) electrons. The molecule has 4 heteroatoms. The number of hydrogen-bond acceptors (Lipinski definition) is 4. The Morgan fingerprint density at radius 2 is 2.31 bits per heavy atom. The van der Waals surface area contributed by atoms with Gasteiger partial charge in [-0.15, -0.1) is 0 Å². The standard InChI is InChI=1S/C12H26N2O2/c1-4-5-12(2,15)10-13-8-11-9-14(3)6-7-16-11/h11,13,15H,4-10H2,1-3H3. The summed E-state index contributed by atoms with van der Waals surface area (Å²) in [6.45, 7) is 8.25. The van der Waals surface area contributed by atoms with E-state index in [-0.39, 0.29) is 6.10 Å². The molecule has 1 aliphatic rings. The van der Waals surface area contributed by atoms with Crippen molar-refractivity contribution < 1.29 is 9.84 Å². The molecule has 1 fully saturated rings. The van der Waals surface area contributed by atoms with Crippen molar-refractivity contribution in [2.75, 3.05) is 39.8 Å². The Morgan fingerprint density at radius 1 is 1.56 bits per heavy atom. The summed E-state index contributed by atoms with van der Waals surface area (Å²) in [5.41, 5.74) is -0.588. The molecular formula is C12H26N2O2. The maximum atomic E-state index is 9.98. The highest BCUT2D eigenvalue weighted by Crippen LogP contribution is 2.10. The van der Waals surface area contributed by atoms with Gasteiger partial charge in [0.05, 0.1) is 18.3 Å². The normalized spacial score (nSPS) is 26.6. The number of aliphatic hydroxyl groups is 1. The van der Waals surface area contributed by atoms with Crippen LogP contribution in [0.5, 0.6) is 0 Å². The van der Waals surface area contributed by atoms with Crippen LogP contribution >= 0.6 is 0 Å². The molecule has 0 aromatic rings. The minimum absolute atomic E-state index is 0.260. The van der Waals surface area contributed by atoms with Gasteiger partial charge < -0.3 is 20.1 Å². The van der Waals surface area contributed by atoms with Gasteiger partial charge in [0.25, 0.3) is 0 Å². The largest absolute Gasteiger partial charge is 0.389 e. The first-order valence-corrected chi connectivity index (χ1v) is 6.27. The zero-order valence-corrected chi connectivity index (χ0v) is 10.8. The summed E-state index contributed by atoms with van der Waals surface area (Å²) in [7, 11) is 2.11. The van der Waals surface area contributed by atoms with Crippen LogP contribution in [-0.2, 0) is 4.74 Å². The number of morpholine rings is 1. The zero-order chi connectivity index (χ0) is 12.0. The summed E-state index contributed by atoms with van der Waals surface area (Å²) in [5, 5.41) is 13.3. The Morgan fingerprint density at radius 3 is 2.94 bits per heavy atom. The predicted octanol–water partition coefficient (Wildman–Crippen LogP) is 0.458. The van der Waals surface area contributed by atoms with Crippen LogP contribution in [0.3, 0.4) is 0 Å². The second-order valence-corrected chi connectivity index (χ2v) is 5.13. The molecule has 96 valence electrons. The molecule has 1 rings (SSSR count). The minimum atomic E-state index is -0.588. The van der Waals surface area contributed by atoms with E-state index in [1.54, 1.807) is 0 Å². The molecular weight excluding hydrogens is 204 g/mol.